The van der Waals surface area contributed by atoms with E-state index < -0.39 is 0 Å². The Morgan fingerprint density at radius 2 is 1.79 bits per heavy atom. The molecule has 0 saturated carbocycles. The molecular formula is C16H10BrN5O2. The van der Waals surface area contributed by atoms with Crippen molar-refractivity contribution in [2.45, 2.75) is 6.54 Å². The lowest BCUT2D eigenvalue weighted by atomic mass is 10.2. The highest BCUT2D eigenvalue weighted by Crippen LogP contribution is 2.20. The van der Waals surface area contributed by atoms with Gasteiger partial charge in [-0.25, -0.2) is 4.68 Å². The predicted octanol–water partition coefficient (Wildman–Crippen LogP) is 2.65. The van der Waals surface area contributed by atoms with Gasteiger partial charge in [-0.05, 0) is 36.4 Å². The number of halogens is 1. The fraction of sp³-hybridized carbons (Fsp3) is 0.0625. The van der Waals surface area contributed by atoms with Gasteiger partial charge in [-0.15, -0.1) is 15.3 Å². The van der Waals surface area contributed by atoms with Crippen molar-refractivity contribution in [3.8, 4) is 11.5 Å². The van der Waals surface area contributed by atoms with Gasteiger partial charge in [0, 0.05) is 10.0 Å². The van der Waals surface area contributed by atoms with Crippen LogP contribution in [0.3, 0.4) is 0 Å². The SMILES string of the molecule is O=c1c2ccccc2nnn1Cc1nnc(-c2ccc(Br)cc2)o1. The zero-order chi connectivity index (χ0) is 16.5. The van der Waals surface area contributed by atoms with Crippen molar-refractivity contribution >= 4 is 26.8 Å². The van der Waals surface area contributed by atoms with Crippen LogP contribution in [0.1, 0.15) is 5.89 Å². The molecular weight excluding hydrogens is 374 g/mol. The van der Waals surface area contributed by atoms with Gasteiger partial charge in [0.2, 0.25) is 11.8 Å². The summed E-state index contributed by atoms with van der Waals surface area (Å²) in [6.07, 6.45) is 0. The predicted molar refractivity (Wildman–Crippen MR) is 90.3 cm³/mol. The Morgan fingerprint density at radius 1 is 1.00 bits per heavy atom. The highest BCUT2D eigenvalue weighted by Gasteiger charge is 2.12. The van der Waals surface area contributed by atoms with Crippen molar-refractivity contribution in [2.75, 3.05) is 0 Å². The Kier molecular flexibility index (Phi) is 3.66. The van der Waals surface area contributed by atoms with Crippen molar-refractivity contribution in [3.05, 3.63) is 69.2 Å². The summed E-state index contributed by atoms with van der Waals surface area (Å²) in [6.45, 7) is 0.0696. The number of hydrogen-bond donors (Lipinski definition) is 0. The summed E-state index contributed by atoms with van der Waals surface area (Å²) in [4.78, 5) is 12.4. The molecule has 7 nitrogen and oxygen atoms in total. The van der Waals surface area contributed by atoms with Crippen LogP contribution in [0, 0.1) is 0 Å². The molecule has 0 fully saturated rings. The summed E-state index contributed by atoms with van der Waals surface area (Å²) < 4.78 is 7.79. The first-order chi connectivity index (χ1) is 11.7. The second-order valence-electron chi connectivity index (χ2n) is 5.08. The van der Waals surface area contributed by atoms with Crippen molar-refractivity contribution in [1.82, 2.24) is 25.2 Å². The average molecular weight is 384 g/mol. The first kappa shape index (κ1) is 14.7. The van der Waals surface area contributed by atoms with Gasteiger partial charge in [0.1, 0.15) is 12.1 Å². The van der Waals surface area contributed by atoms with E-state index in [0.29, 0.717) is 22.7 Å². The molecule has 0 amide bonds. The van der Waals surface area contributed by atoms with Crippen LogP contribution >= 0.6 is 15.9 Å². The molecule has 8 heteroatoms. The molecule has 0 radical (unpaired) electrons. The minimum absolute atomic E-state index is 0.0696. The van der Waals surface area contributed by atoms with Crippen LogP contribution < -0.4 is 5.56 Å². The zero-order valence-corrected chi connectivity index (χ0v) is 13.8. The number of fused-ring (bicyclic) bond motifs is 1. The van der Waals surface area contributed by atoms with Crippen LogP contribution in [0.4, 0.5) is 0 Å². The van der Waals surface area contributed by atoms with E-state index in [0.717, 1.165) is 10.0 Å². The molecule has 0 spiro atoms. The van der Waals surface area contributed by atoms with Crippen LogP contribution in [0.15, 0.2) is 62.2 Å². The fourth-order valence-electron chi connectivity index (χ4n) is 2.28. The van der Waals surface area contributed by atoms with Crippen LogP contribution in [-0.2, 0) is 6.54 Å². The molecule has 0 bridgehead atoms. The van der Waals surface area contributed by atoms with E-state index in [1.165, 1.54) is 4.68 Å². The zero-order valence-electron chi connectivity index (χ0n) is 12.3. The Balaban J connectivity index is 1.66. The Labute approximate surface area is 144 Å². The summed E-state index contributed by atoms with van der Waals surface area (Å²) in [7, 11) is 0. The van der Waals surface area contributed by atoms with Gasteiger partial charge < -0.3 is 4.42 Å². The van der Waals surface area contributed by atoms with E-state index in [2.05, 4.69) is 36.4 Å². The molecule has 2 aromatic heterocycles. The van der Waals surface area contributed by atoms with Gasteiger partial charge in [0.15, 0.2) is 0 Å². The standard InChI is InChI=1S/C16H10BrN5O2/c17-11-7-5-10(6-8-11)15-20-19-14(24-15)9-22-16(23)12-3-1-2-4-13(12)18-21-22/h1-8H,9H2. The maximum Gasteiger partial charge on any atom is 0.278 e. The van der Waals surface area contributed by atoms with E-state index in [1.807, 2.05) is 30.3 Å². The maximum absolute atomic E-state index is 12.4. The van der Waals surface area contributed by atoms with E-state index in [1.54, 1.807) is 18.2 Å². The molecule has 0 aliphatic rings. The number of aromatic nitrogens is 5. The van der Waals surface area contributed by atoms with Gasteiger partial charge >= 0.3 is 0 Å². The summed E-state index contributed by atoms with van der Waals surface area (Å²) in [5, 5.41) is 16.4. The third-order valence-electron chi connectivity index (χ3n) is 3.47. The number of rotatable bonds is 3. The molecule has 2 aromatic carbocycles. The first-order valence-electron chi connectivity index (χ1n) is 7.11. The van der Waals surface area contributed by atoms with Crippen molar-refractivity contribution in [2.24, 2.45) is 0 Å². The quantitative estimate of drug-likeness (QED) is 0.540. The molecule has 0 N–H and O–H groups in total. The van der Waals surface area contributed by atoms with E-state index in [4.69, 9.17) is 4.42 Å². The highest BCUT2D eigenvalue weighted by atomic mass is 79.9. The van der Waals surface area contributed by atoms with Gasteiger partial charge in [-0.2, -0.15) is 0 Å². The lowest BCUT2D eigenvalue weighted by Crippen LogP contribution is -2.24. The summed E-state index contributed by atoms with van der Waals surface area (Å²) in [5.41, 5.74) is 1.11. The third-order valence-corrected chi connectivity index (χ3v) is 4.00. The normalized spacial score (nSPS) is 11.0. The molecule has 0 atom stereocenters. The van der Waals surface area contributed by atoms with E-state index >= 15 is 0 Å². The van der Waals surface area contributed by atoms with Crippen LogP contribution in [0.2, 0.25) is 0 Å². The molecule has 24 heavy (non-hydrogen) atoms. The van der Waals surface area contributed by atoms with E-state index in [-0.39, 0.29) is 12.1 Å². The second-order valence-corrected chi connectivity index (χ2v) is 5.99. The summed E-state index contributed by atoms with van der Waals surface area (Å²) in [5.74, 6) is 0.680. The molecule has 118 valence electrons. The minimum atomic E-state index is -0.246. The lowest BCUT2D eigenvalue weighted by Gasteiger charge is -2.01. The fourth-order valence-corrected chi connectivity index (χ4v) is 2.55. The van der Waals surface area contributed by atoms with Gasteiger partial charge in [0.05, 0.1) is 5.39 Å². The van der Waals surface area contributed by atoms with Crippen molar-refractivity contribution < 1.29 is 4.42 Å². The third kappa shape index (κ3) is 2.71. The van der Waals surface area contributed by atoms with Crippen LogP contribution in [0.5, 0.6) is 0 Å². The van der Waals surface area contributed by atoms with Crippen LogP contribution in [0.25, 0.3) is 22.4 Å². The topological polar surface area (TPSA) is 86.7 Å². The molecule has 4 aromatic rings. The number of benzene rings is 2. The van der Waals surface area contributed by atoms with E-state index in [9.17, 15) is 4.79 Å². The van der Waals surface area contributed by atoms with Gasteiger partial charge in [-0.3, -0.25) is 4.79 Å². The van der Waals surface area contributed by atoms with Crippen molar-refractivity contribution in [1.29, 1.82) is 0 Å². The minimum Gasteiger partial charge on any atom is -0.419 e. The summed E-state index contributed by atoms with van der Waals surface area (Å²) >= 11 is 3.38. The molecule has 0 aliphatic heterocycles. The first-order valence-corrected chi connectivity index (χ1v) is 7.91. The van der Waals surface area contributed by atoms with Crippen LogP contribution in [-0.4, -0.2) is 25.2 Å². The van der Waals surface area contributed by atoms with Gasteiger partial charge in [0.25, 0.3) is 5.56 Å². The van der Waals surface area contributed by atoms with Gasteiger partial charge in [-0.1, -0.05) is 33.3 Å². The largest absolute Gasteiger partial charge is 0.419 e. The Bertz CT molecular complexity index is 1070. The Morgan fingerprint density at radius 3 is 2.62 bits per heavy atom. The number of hydrogen-bond acceptors (Lipinski definition) is 6. The average Bonchev–Trinajstić information content (AvgIpc) is 3.07. The monoisotopic (exact) mass is 383 g/mol. The highest BCUT2D eigenvalue weighted by molar-refractivity contribution is 9.10. The molecule has 0 unspecified atom stereocenters. The Hall–Kier alpha value is -2.87. The molecule has 4 rings (SSSR count). The second kappa shape index (κ2) is 5.97. The maximum atomic E-state index is 12.4. The van der Waals surface area contributed by atoms with Crippen molar-refractivity contribution in [3.63, 3.8) is 0 Å². The lowest BCUT2D eigenvalue weighted by molar-refractivity contribution is 0.458. The molecule has 0 saturated heterocycles. The molecule has 0 aliphatic carbocycles. The smallest absolute Gasteiger partial charge is 0.278 e. The number of nitrogens with zero attached hydrogens (tertiary/aromatic N) is 5. The summed E-state index contributed by atoms with van der Waals surface area (Å²) in [6, 6.07) is 14.6. The molecule has 2 heterocycles.